The minimum atomic E-state index is -0.691. The summed E-state index contributed by atoms with van der Waals surface area (Å²) in [6.07, 6.45) is 3.40. The lowest BCUT2D eigenvalue weighted by molar-refractivity contribution is -0.127. The molecule has 35 heavy (non-hydrogen) atoms. The van der Waals surface area contributed by atoms with E-state index in [0.29, 0.717) is 29.4 Å². The van der Waals surface area contributed by atoms with Gasteiger partial charge in [0.15, 0.2) is 5.69 Å². The van der Waals surface area contributed by atoms with Gasteiger partial charge in [-0.15, -0.1) is 0 Å². The normalized spacial score (nSPS) is 17.3. The van der Waals surface area contributed by atoms with Crippen LogP contribution < -0.4 is 11.1 Å². The first-order chi connectivity index (χ1) is 16.8. The number of nitrogens with zero attached hydrogens (tertiary/aromatic N) is 5. The summed E-state index contributed by atoms with van der Waals surface area (Å²) in [5.41, 5.74) is 8.22. The van der Waals surface area contributed by atoms with E-state index < -0.39 is 5.91 Å². The topological polar surface area (TPSA) is 131 Å². The number of hydrogen-bond acceptors (Lipinski definition) is 6. The maximum Gasteiger partial charge on any atom is 0.255 e. The smallest absolute Gasteiger partial charge is 0.255 e. The standard InChI is InChI=1S/C24H26ClN7O3/c1-4-21(34)31-11-15(9-16(31)12-33)32-24(27-3)22(23(26)35)18(29-32)7-6-14-8-19-20(10-17(14)25)30(5-2)13-28-19/h4,8,10,13,15-16,27,33H,1,5,9,11-12H2,2-3H3,(H2,26,35)/t15-,16+/m0/s1. The molecule has 0 bridgehead atoms. The average molecular weight is 496 g/mol. The summed E-state index contributed by atoms with van der Waals surface area (Å²) in [4.78, 5) is 30.5. The maximum absolute atomic E-state index is 12.4. The number of anilines is 1. The number of aryl methyl sites for hydroxylation is 1. The molecule has 1 aliphatic rings. The zero-order valence-corrected chi connectivity index (χ0v) is 20.2. The fourth-order valence-corrected chi connectivity index (χ4v) is 4.65. The molecule has 0 saturated carbocycles. The fraction of sp³-hybridized carbons (Fsp3) is 0.333. The minimum absolute atomic E-state index is 0.140. The van der Waals surface area contributed by atoms with Crippen LogP contribution in [0.15, 0.2) is 31.1 Å². The third-order valence-corrected chi connectivity index (χ3v) is 6.48. The van der Waals surface area contributed by atoms with E-state index in [1.807, 2.05) is 17.6 Å². The molecule has 0 radical (unpaired) electrons. The van der Waals surface area contributed by atoms with Crippen molar-refractivity contribution in [3.8, 4) is 11.8 Å². The molecule has 0 unspecified atom stereocenters. The van der Waals surface area contributed by atoms with Gasteiger partial charge < -0.3 is 25.6 Å². The van der Waals surface area contributed by atoms with Gasteiger partial charge >= 0.3 is 0 Å². The number of aliphatic hydroxyl groups is 1. The molecular weight excluding hydrogens is 470 g/mol. The van der Waals surface area contributed by atoms with Crippen molar-refractivity contribution in [3.05, 3.63) is 53.0 Å². The Kier molecular flexibility index (Phi) is 6.82. The second-order valence-corrected chi connectivity index (χ2v) is 8.56. The number of likely N-dealkylation sites (tertiary alicyclic amines) is 1. The van der Waals surface area contributed by atoms with Crippen molar-refractivity contribution in [2.45, 2.75) is 32.0 Å². The van der Waals surface area contributed by atoms with E-state index in [1.54, 1.807) is 29.0 Å². The predicted octanol–water partition coefficient (Wildman–Crippen LogP) is 1.77. The van der Waals surface area contributed by atoms with Gasteiger partial charge in [-0.05, 0) is 37.5 Å². The van der Waals surface area contributed by atoms with Gasteiger partial charge in [0, 0.05) is 25.7 Å². The number of carbonyl (C=O) groups is 2. The second-order valence-electron chi connectivity index (χ2n) is 8.15. The Morgan fingerprint density at radius 3 is 2.80 bits per heavy atom. The van der Waals surface area contributed by atoms with Crippen molar-refractivity contribution in [1.82, 2.24) is 24.2 Å². The molecule has 1 aromatic carbocycles. The molecule has 1 fully saturated rings. The van der Waals surface area contributed by atoms with Crippen molar-refractivity contribution in [3.63, 3.8) is 0 Å². The maximum atomic E-state index is 12.4. The molecule has 1 aliphatic heterocycles. The van der Waals surface area contributed by atoms with Gasteiger partial charge in [-0.3, -0.25) is 9.59 Å². The highest BCUT2D eigenvalue weighted by Gasteiger charge is 2.37. The SMILES string of the molecule is C=CC(=O)N1C[C@@H](n2nc(C#Cc3cc4ncn(CC)c4cc3Cl)c(C(N)=O)c2NC)C[C@@H]1CO. The van der Waals surface area contributed by atoms with Crippen molar-refractivity contribution in [1.29, 1.82) is 0 Å². The van der Waals surface area contributed by atoms with Crippen LogP contribution in [-0.4, -0.2) is 67.4 Å². The van der Waals surface area contributed by atoms with Crippen molar-refractivity contribution < 1.29 is 14.7 Å². The highest BCUT2D eigenvalue weighted by Crippen LogP contribution is 2.32. The van der Waals surface area contributed by atoms with E-state index in [1.165, 1.54) is 6.08 Å². The third-order valence-electron chi connectivity index (χ3n) is 6.17. The molecule has 2 aromatic heterocycles. The van der Waals surface area contributed by atoms with E-state index in [4.69, 9.17) is 17.3 Å². The Morgan fingerprint density at radius 2 is 2.17 bits per heavy atom. The highest BCUT2D eigenvalue weighted by molar-refractivity contribution is 6.32. The number of aliphatic hydroxyl groups excluding tert-OH is 1. The Morgan fingerprint density at radius 1 is 1.40 bits per heavy atom. The molecule has 3 heterocycles. The first kappa shape index (κ1) is 24.3. The van der Waals surface area contributed by atoms with Crippen LogP contribution in [-0.2, 0) is 11.3 Å². The lowest BCUT2D eigenvalue weighted by Gasteiger charge is -2.20. The highest BCUT2D eigenvalue weighted by atomic mass is 35.5. The first-order valence-electron chi connectivity index (χ1n) is 11.1. The molecule has 0 aliphatic carbocycles. The molecular formula is C24H26ClN7O3. The summed E-state index contributed by atoms with van der Waals surface area (Å²) in [6, 6.07) is 2.91. The quantitative estimate of drug-likeness (QED) is 0.353. The number of primary amides is 1. The fourth-order valence-electron chi connectivity index (χ4n) is 4.44. The number of nitrogens with two attached hydrogens (primary N) is 1. The predicted molar refractivity (Wildman–Crippen MR) is 133 cm³/mol. The summed E-state index contributed by atoms with van der Waals surface area (Å²) >= 11 is 6.47. The van der Waals surface area contributed by atoms with E-state index in [9.17, 15) is 14.7 Å². The van der Waals surface area contributed by atoms with Crippen molar-refractivity contribution in [2.75, 3.05) is 25.5 Å². The van der Waals surface area contributed by atoms with E-state index in [0.717, 1.165) is 17.6 Å². The number of imidazole rings is 1. The van der Waals surface area contributed by atoms with Gasteiger partial charge in [-0.2, -0.15) is 5.10 Å². The number of carbonyl (C=O) groups excluding carboxylic acids is 2. The number of amides is 2. The molecule has 2 atom stereocenters. The van der Waals surface area contributed by atoms with Crippen LogP contribution in [0.4, 0.5) is 5.82 Å². The zero-order chi connectivity index (χ0) is 25.3. The molecule has 2 amide bonds. The Balaban J connectivity index is 1.75. The number of nitrogens with one attached hydrogen (secondary N) is 1. The van der Waals surface area contributed by atoms with Crippen LogP contribution in [0.5, 0.6) is 0 Å². The van der Waals surface area contributed by atoms with Crippen LogP contribution in [0.3, 0.4) is 0 Å². The Hall–Kier alpha value is -3.81. The summed E-state index contributed by atoms with van der Waals surface area (Å²) in [7, 11) is 1.65. The molecule has 182 valence electrons. The van der Waals surface area contributed by atoms with Crippen molar-refractivity contribution in [2.24, 2.45) is 5.73 Å². The number of hydrogen-bond donors (Lipinski definition) is 3. The summed E-state index contributed by atoms with van der Waals surface area (Å²) in [5, 5.41) is 17.8. The lowest BCUT2D eigenvalue weighted by atomic mass is 10.1. The van der Waals surface area contributed by atoms with E-state index in [-0.39, 0.29) is 35.9 Å². The molecule has 11 heteroatoms. The third kappa shape index (κ3) is 4.36. The summed E-state index contributed by atoms with van der Waals surface area (Å²) in [6.45, 7) is 6.40. The summed E-state index contributed by atoms with van der Waals surface area (Å²) < 4.78 is 3.59. The largest absolute Gasteiger partial charge is 0.394 e. The number of benzene rings is 1. The molecule has 10 nitrogen and oxygen atoms in total. The molecule has 3 aromatic rings. The van der Waals surface area contributed by atoms with E-state index >= 15 is 0 Å². The number of rotatable bonds is 6. The zero-order valence-electron chi connectivity index (χ0n) is 19.5. The van der Waals surface area contributed by atoms with Crippen molar-refractivity contribution >= 4 is 40.3 Å². The monoisotopic (exact) mass is 495 g/mol. The number of aromatic nitrogens is 4. The van der Waals surface area contributed by atoms with Gasteiger partial charge in [-0.1, -0.05) is 24.1 Å². The molecule has 4 N–H and O–H groups in total. The Bertz CT molecular complexity index is 1380. The van der Waals surface area contributed by atoms with Crippen LogP contribution in [0.2, 0.25) is 5.02 Å². The van der Waals surface area contributed by atoms with Gasteiger partial charge in [0.1, 0.15) is 11.4 Å². The first-order valence-corrected chi connectivity index (χ1v) is 11.5. The molecule has 1 saturated heterocycles. The number of halogens is 1. The van der Waals surface area contributed by atoms with Crippen LogP contribution in [0, 0.1) is 11.8 Å². The van der Waals surface area contributed by atoms with Gasteiger partial charge in [0.05, 0.1) is 41.1 Å². The molecule has 4 rings (SSSR count). The van der Waals surface area contributed by atoms with Crippen LogP contribution >= 0.6 is 11.6 Å². The summed E-state index contributed by atoms with van der Waals surface area (Å²) in [5.74, 6) is 5.35. The number of fused-ring (bicyclic) bond motifs is 1. The van der Waals surface area contributed by atoms with Gasteiger partial charge in [0.25, 0.3) is 5.91 Å². The van der Waals surface area contributed by atoms with Crippen LogP contribution in [0.25, 0.3) is 11.0 Å². The lowest BCUT2D eigenvalue weighted by Crippen LogP contribution is -2.36. The van der Waals surface area contributed by atoms with Gasteiger partial charge in [-0.25, -0.2) is 9.67 Å². The molecule has 0 spiro atoms. The second kappa shape index (κ2) is 9.82. The van der Waals surface area contributed by atoms with Crippen LogP contribution in [0.1, 0.15) is 41.0 Å². The Labute approximate surface area is 207 Å². The van der Waals surface area contributed by atoms with E-state index in [2.05, 4.69) is 33.8 Å². The minimum Gasteiger partial charge on any atom is -0.394 e. The average Bonchev–Trinajstić information content (AvgIpc) is 3.55. The van der Waals surface area contributed by atoms with Gasteiger partial charge in [0.2, 0.25) is 5.91 Å².